The lowest BCUT2D eigenvalue weighted by atomic mass is 9.81. The second kappa shape index (κ2) is 8.90. The summed E-state index contributed by atoms with van der Waals surface area (Å²) in [6.45, 7) is 2.89. The van der Waals surface area contributed by atoms with E-state index in [1.54, 1.807) is 31.0 Å². The highest BCUT2D eigenvalue weighted by Gasteiger charge is 2.40. The van der Waals surface area contributed by atoms with Crippen LogP contribution < -0.4 is 4.90 Å². The van der Waals surface area contributed by atoms with Crippen LogP contribution in [0.1, 0.15) is 36.8 Å². The molecule has 0 unspecified atom stereocenters. The Morgan fingerprint density at radius 2 is 1.83 bits per heavy atom. The maximum absolute atomic E-state index is 13.5. The van der Waals surface area contributed by atoms with Crippen LogP contribution in [0.2, 0.25) is 0 Å². The van der Waals surface area contributed by atoms with Gasteiger partial charge in [0.15, 0.2) is 0 Å². The molecule has 1 amide bonds. The van der Waals surface area contributed by atoms with Crippen molar-refractivity contribution >= 4 is 23.5 Å². The molecule has 2 aromatic carbocycles. The number of amides is 1. The van der Waals surface area contributed by atoms with E-state index >= 15 is 0 Å². The molecule has 30 heavy (non-hydrogen) atoms. The fourth-order valence-corrected chi connectivity index (χ4v) is 3.60. The minimum absolute atomic E-state index is 0.0899. The van der Waals surface area contributed by atoms with Gasteiger partial charge in [-0.1, -0.05) is 30.3 Å². The largest absolute Gasteiger partial charge is 0.460 e. The van der Waals surface area contributed by atoms with Gasteiger partial charge < -0.3 is 14.4 Å². The van der Waals surface area contributed by atoms with Crippen LogP contribution in [0.4, 0.5) is 10.1 Å². The number of carbonyl (C=O) groups is 3. The average Bonchev–Trinajstić information content (AvgIpc) is 2.97. The molecule has 1 heterocycles. The normalized spacial score (nSPS) is 16.8. The first kappa shape index (κ1) is 21.2. The fraction of sp³-hybridized carbons (Fsp3) is 0.261. The van der Waals surface area contributed by atoms with Crippen molar-refractivity contribution in [2.24, 2.45) is 0 Å². The summed E-state index contributed by atoms with van der Waals surface area (Å²) in [4.78, 5) is 38.6. The van der Waals surface area contributed by atoms with Crippen molar-refractivity contribution in [3.8, 4) is 0 Å². The number of rotatable bonds is 6. The zero-order valence-corrected chi connectivity index (χ0v) is 16.9. The van der Waals surface area contributed by atoms with E-state index in [-0.39, 0.29) is 18.3 Å². The van der Waals surface area contributed by atoms with Gasteiger partial charge in [0, 0.05) is 25.6 Å². The summed E-state index contributed by atoms with van der Waals surface area (Å²) in [5, 5.41) is 0. The summed E-state index contributed by atoms with van der Waals surface area (Å²) in [6.07, 6.45) is 1.41. The molecule has 0 bridgehead atoms. The van der Waals surface area contributed by atoms with Crippen molar-refractivity contribution in [2.45, 2.75) is 25.7 Å². The van der Waals surface area contributed by atoms with Gasteiger partial charge in [0.25, 0.3) is 0 Å². The van der Waals surface area contributed by atoms with Crippen LogP contribution in [0.15, 0.2) is 60.4 Å². The predicted octanol–water partition coefficient (Wildman–Crippen LogP) is 3.68. The first-order chi connectivity index (χ1) is 14.3. The standard InChI is InChI=1S/C23H22FNO5/c1-4-29-23(28)20(30-14(2)26)13-18(15-9-11-16(24)12-10-15)21-17-7-5-6-8-19(17)25(3)22(21)27/h5-13,18,21H,4H2,1-3H3/b20-13-/t18-,21+/m0/s1. The van der Waals surface area contributed by atoms with Crippen LogP contribution in [-0.2, 0) is 23.9 Å². The Morgan fingerprint density at radius 1 is 1.17 bits per heavy atom. The van der Waals surface area contributed by atoms with Crippen LogP contribution in [-0.4, -0.2) is 31.5 Å². The van der Waals surface area contributed by atoms with Crippen molar-refractivity contribution in [2.75, 3.05) is 18.6 Å². The number of carbonyl (C=O) groups excluding carboxylic acids is 3. The molecule has 0 N–H and O–H groups in total. The number of allylic oxidation sites excluding steroid dienone is 1. The Morgan fingerprint density at radius 3 is 2.47 bits per heavy atom. The molecule has 156 valence electrons. The minimum atomic E-state index is -0.813. The van der Waals surface area contributed by atoms with Gasteiger partial charge in [-0.2, -0.15) is 0 Å². The van der Waals surface area contributed by atoms with Gasteiger partial charge in [-0.3, -0.25) is 9.59 Å². The summed E-state index contributed by atoms with van der Waals surface area (Å²) in [5.41, 5.74) is 2.11. The van der Waals surface area contributed by atoms with Crippen molar-refractivity contribution < 1.29 is 28.2 Å². The number of benzene rings is 2. The maximum Gasteiger partial charge on any atom is 0.374 e. The van der Waals surface area contributed by atoms with E-state index in [0.29, 0.717) is 5.56 Å². The lowest BCUT2D eigenvalue weighted by Crippen LogP contribution is -2.27. The van der Waals surface area contributed by atoms with E-state index in [1.807, 2.05) is 24.3 Å². The van der Waals surface area contributed by atoms with Crippen molar-refractivity contribution in [1.29, 1.82) is 0 Å². The third-order valence-corrected chi connectivity index (χ3v) is 4.91. The molecule has 0 spiro atoms. The van der Waals surface area contributed by atoms with Crippen molar-refractivity contribution in [3.05, 3.63) is 77.3 Å². The molecule has 7 heteroatoms. The smallest absolute Gasteiger partial charge is 0.374 e. The summed E-state index contributed by atoms with van der Waals surface area (Å²) in [6, 6.07) is 13.0. The highest BCUT2D eigenvalue weighted by Crippen LogP contribution is 2.45. The van der Waals surface area contributed by atoms with Gasteiger partial charge in [0.1, 0.15) is 5.82 Å². The molecule has 0 saturated carbocycles. The Hall–Kier alpha value is -3.48. The third-order valence-electron chi connectivity index (χ3n) is 4.91. The number of esters is 2. The van der Waals surface area contributed by atoms with E-state index in [0.717, 1.165) is 11.3 Å². The Labute approximate surface area is 173 Å². The van der Waals surface area contributed by atoms with Crippen LogP contribution in [0, 0.1) is 5.82 Å². The van der Waals surface area contributed by atoms with E-state index in [4.69, 9.17) is 9.47 Å². The summed E-state index contributed by atoms with van der Waals surface area (Å²) >= 11 is 0. The maximum atomic E-state index is 13.5. The van der Waals surface area contributed by atoms with Gasteiger partial charge in [-0.25, -0.2) is 9.18 Å². The summed E-state index contributed by atoms with van der Waals surface area (Å²) in [7, 11) is 1.67. The van der Waals surface area contributed by atoms with Crippen LogP contribution in [0.25, 0.3) is 0 Å². The second-order valence-electron chi connectivity index (χ2n) is 6.86. The van der Waals surface area contributed by atoms with Gasteiger partial charge in [0.2, 0.25) is 11.7 Å². The van der Waals surface area contributed by atoms with Gasteiger partial charge >= 0.3 is 11.9 Å². The predicted molar refractivity (Wildman–Crippen MR) is 108 cm³/mol. The molecule has 0 aromatic heterocycles. The lowest BCUT2D eigenvalue weighted by molar-refractivity contribution is -0.150. The topological polar surface area (TPSA) is 72.9 Å². The highest BCUT2D eigenvalue weighted by molar-refractivity contribution is 6.05. The number of para-hydroxylation sites is 1. The number of anilines is 1. The first-order valence-electron chi connectivity index (χ1n) is 9.52. The molecule has 0 aliphatic carbocycles. The number of fused-ring (bicyclic) bond motifs is 1. The monoisotopic (exact) mass is 411 g/mol. The number of nitrogens with zero attached hydrogens (tertiary/aromatic N) is 1. The molecular formula is C23H22FNO5. The quantitative estimate of drug-likeness (QED) is 0.412. The Bertz CT molecular complexity index is 999. The first-order valence-corrected chi connectivity index (χ1v) is 9.52. The third kappa shape index (κ3) is 4.25. The molecule has 6 nitrogen and oxygen atoms in total. The van der Waals surface area contributed by atoms with Gasteiger partial charge in [-0.15, -0.1) is 0 Å². The van der Waals surface area contributed by atoms with Crippen LogP contribution in [0.3, 0.4) is 0 Å². The number of hydrogen-bond acceptors (Lipinski definition) is 5. The summed E-state index contributed by atoms with van der Waals surface area (Å²) in [5.74, 6) is -3.80. The molecule has 2 atom stereocenters. The Kier molecular flexibility index (Phi) is 6.30. The zero-order valence-electron chi connectivity index (χ0n) is 16.9. The van der Waals surface area contributed by atoms with E-state index < -0.39 is 29.6 Å². The van der Waals surface area contributed by atoms with Crippen LogP contribution >= 0.6 is 0 Å². The molecule has 1 aliphatic heterocycles. The highest BCUT2D eigenvalue weighted by atomic mass is 19.1. The number of hydrogen-bond donors (Lipinski definition) is 0. The molecular weight excluding hydrogens is 389 g/mol. The molecule has 0 radical (unpaired) electrons. The molecule has 2 aromatic rings. The van der Waals surface area contributed by atoms with E-state index in [9.17, 15) is 18.8 Å². The van der Waals surface area contributed by atoms with E-state index in [1.165, 1.54) is 25.1 Å². The van der Waals surface area contributed by atoms with Crippen molar-refractivity contribution in [3.63, 3.8) is 0 Å². The number of likely N-dealkylation sites (N-methyl/N-ethyl adjacent to an activating group) is 1. The van der Waals surface area contributed by atoms with Crippen LogP contribution in [0.5, 0.6) is 0 Å². The zero-order chi connectivity index (χ0) is 21.8. The molecule has 0 saturated heterocycles. The van der Waals surface area contributed by atoms with Gasteiger partial charge in [-0.05, 0) is 42.3 Å². The lowest BCUT2D eigenvalue weighted by Gasteiger charge is -2.21. The van der Waals surface area contributed by atoms with E-state index in [2.05, 4.69) is 0 Å². The second-order valence-corrected chi connectivity index (χ2v) is 6.86. The van der Waals surface area contributed by atoms with Crippen molar-refractivity contribution in [1.82, 2.24) is 0 Å². The fourth-order valence-electron chi connectivity index (χ4n) is 3.60. The number of halogens is 1. The SMILES string of the molecule is CCOC(=O)/C(=C/[C@@H](c1ccc(F)cc1)[C@@H]1C(=O)N(C)c2ccccc21)OC(C)=O. The van der Waals surface area contributed by atoms with Gasteiger partial charge in [0.05, 0.1) is 12.5 Å². The molecule has 3 rings (SSSR count). The molecule has 0 fully saturated rings. The molecule has 1 aliphatic rings. The minimum Gasteiger partial charge on any atom is -0.460 e. The summed E-state index contributed by atoms with van der Waals surface area (Å²) < 4.78 is 23.6. The average molecular weight is 411 g/mol. The Balaban J connectivity index is 2.16. The number of ether oxygens (including phenoxy) is 2.